The van der Waals surface area contributed by atoms with Crippen molar-refractivity contribution in [2.75, 3.05) is 6.61 Å². The third kappa shape index (κ3) is 3.83. The zero-order valence-electron chi connectivity index (χ0n) is 10.4. The maximum atomic E-state index is 5.70. The van der Waals surface area contributed by atoms with Gasteiger partial charge in [-0.05, 0) is 42.8 Å². The summed E-state index contributed by atoms with van der Waals surface area (Å²) in [5, 5.41) is 0. The Balaban J connectivity index is 2.42. The van der Waals surface area contributed by atoms with Crippen LogP contribution in [0.15, 0.2) is 51.4 Å². The molecule has 19 heavy (non-hydrogen) atoms. The van der Waals surface area contributed by atoms with E-state index in [1.165, 1.54) is 5.56 Å². The van der Waals surface area contributed by atoms with E-state index in [4.69, 9.17) is 4.74 Å². The van der Waals surface area contributed by atoms with Gasteiger partial charge in [0.05, 0.1) is 11.4 Å². The molecular weight excluding hydrogens is 436 g/mol. The molecule has 0 amide bonds. The van der Waals surface area contributed by atoms with Gasteiger partial charge in [0.2, 0.25) is 0 Å². The molecule has 0 aliphatic carbocycles. The van der Waals surface area contributed by atoms with E-state index in [0.29, 0.717) is 6.61 Å². The summed E-state index contributed by atoms with van der Waals surface area (Å²) >= 11 is 10.8. The SMILES string of the molecule is CCOc1ccc(Br)cc1C(Br)c1cccc(Br)c1. The molecular formula is C15H13Br3O. The van der Waals surface area contributed by atoms with Crippen LogP contribution in [0.2, 0.25) is 0 Å². The van der Waals surface area contributed by atoms with Crippen molar-refractivity contribution < 1.29 is 4.74 Å². The lowest BCUT2D eigenvalue weighted by molar-refractivity contribution is 0.337. The molecule has 100 valence electrons. The van der Waals surface area contributed by atoms with Gasteiger partial charge < -0.3 is 4.74 Å². The Labute approximate surface area is 138 Å². The van der Waals surface area contributed by atoms with Gasteiger partial charge >= 0.3 is 0 Å². The molecule has 0 N–H and O–H groups in total. The molecule has 2 aromatic carbocycles. The van der Waals surface area contributed by atoms with E-state index in [-0.39, 0.29) is 4.83 Å². The second-order valence-corrected chi connectivity index (χ2v) is 6.78. The quantitative estimate of drug-likeness (QED) is 0.514. The van der Waals surface area contributed by atoms with Crippen molar-refractivity contribution in [3.8, 4) is 5.75 Å². The molecule has 0 aliphatic rings. The highest BCUT2D eigenvalue weighted by molar-refractivity contribution is 9.11. The van der Waals surface area contributed by atoms with E-state index in [0.717, 1.165) is 20.3 Å². The lowest BCUT2D eigenvalue weighted by Gasteiger charge is -2.16. The molecule has 2 rings (SSSR count). The molecule has 0 aromatic heterocycles. The number of hydrogen-bond donors (Lipinski definition) is 0. The highest BCUT2D eigenvalue weighted by Gasteiger charge is 2.16. The fourth-order valence-electron chi connectivity index (χ4n) is 1.85. The van der Waals surface area contributed by atoms with Gasteiger partial charge in [0.25, 0.3) is 0 Å². The largest absolute Gasteiger partial charge is 0.494 e. The Bertz CT molecular complexity index is 569. The summed E-state index contributed by atoms with van der Waals surface area (Å²) in [6, 6.07) is 14.3. The Morgan fingerprint density at radius 3 is 2.47 bits per heavy atom. The lowest BCUT2D eigenvalue weighted by atomic mass is 10.0. The number of alkyl halides is 1. The molecule has 1 unspecified atom stereocenters. The van der Waals surface area contributed by atoms with Crippen LogP contribution in [0.4, 0.5) is 0 Å². The zero-order valence-corrected chi connectivity index (χ0v) is 15.1. The van der Waals surface area contributed by atoms with E-state index in [1.807, 2.05) is 31.2 Å². The molecule has 1 atom stereocenters. The summed E-state index contributed by atoms with van der Waals surface area (Å²) in [5.74, 6) is 0.910. The number of hydrogen-bond acceptors (Lipinski definition) is 1. The average Bonchev–Trinajstić information content (AvgIpc) is 2.40. The van der Waals surface area contributed by atoms with Crippen LogP contribution in [0.1, 0.15) is 22.9 Å². The molecule has 0 heterocycles. The first-order valence-corrected chi connectivity index (χ1v) is 8.43. The number of halogens is 3. The molecule has 1 nitrogen and oxygen atoms in total. The summed E-state index contributed by atoms with van der Waals surface area (Å²) < 4.78 is 7.82. The molecule has 0 fully saturated rings. The molecule has 0 aliphatic heterocycles. The number of ether oxygens (including phenoxy) is 1. The third-order valence-corrected chi connectivity index (χ3v) is 4.69. The smallest absolute Gasteiger partial charge is 0.124 e. The van der Waals surface area contributed by atoms with Crippen LogP contribution in [0.3, 0.4) is 0 Å². The third-order valence-electron chi connectivity index (χ3n) is 2.69. The summed E-state index contributed by atoms with van der Waals surface area (Å²) in [5.41, 5.74) is 2.31. The predicted octanol–water partition coefficient (Wildman–Crippen LogP) is 6.09. The maximum absolute atomic E-state index is 5.70. The minimum atomic E-state index is 0.101. The van der Waals surface area contributed by atoms with E-state index < -0.39 is 0 Å². The summed E-state index contributed by atoms with van der Waals surface area (Å²) in [6.45, 7) is 2.65. The topological polar surface area (TPSA) is 9.23 Å². The minimum Gasteiger partial charge on any atom is -0.494 e. The summed E-state index contributed by atoms with van der Waals surface area (Å²) in [6.07, 6.45) is 0. The first-order valence-electron chi connectivity index (χ1n) is 5.93. The minimum absolute atomic E-state index is 0.101. The molecule has 0 radical (unpaired) electrons. The maximum Gasteiger partial charge on any atom is 0.124 e. The first-order chi connectivity index (χ1) is 9.11. The predicted molar refractivity (Wildman–Crippen MR) is 90.2 cm³/mol. The van der Waals surface area contributed by atoms with Crippen molar-refractivity contribution in [3.63, 3.8) is 0 Å². The summed E-state index contributed by atoms with van der Waals surface area (Å²) in [7, 11) is 0. The summed E-state index contributed by atoms with van der Waals surface area (Å²) in [4.78, 5) is 0.101. The van der Waals surface area contributed by atoms with Crippen molar-refractivity contribution in [1.82, 2.24) is 0 Å². The van der Waals surface area contributed by atoms with E-state index >= 15 is 0 Å². The number of rotatable bonds is 4. The van der Waals surface area contributed by atoms with Crippen LogP contribution in [0.5, 0.6) is 5.75 Å². The van der Waals surface area contributed by atoms with Crippen molar-refractivity contribution in [3.05, 3.63) is 62.5 Å². The van der Waals surface area contributed by atoms with E-state index in [1.54, 1.807) is 0 Å². The normalized spacial score (nSPS) is 12.2. The van der Waals surface area contributed by atoms with Crippen LogP contribution in [0, 0.1) is 0 Å². The Hall–Kier alpha value is -0.320. The van der Waals surface area contributed by atoms with Crippen molar-refractivity contribution in [2.45, 2.75) is 11.8 Å². The molecule has 0 saturated carbocycles. The monoisotopic (exact) mass is 446 g/mol. The van der Waals surface area contributed by atoms with Gasteiger partial charge in [-0.25, -0.2) is 0 Å². The van der Waals surface area contributed by atoms with Gasteiger partial charge in [-0.3, -0.25) is 0 Å². The molecule has 0 bridgehead atoms. The van der Waals surface area contributed by atoms with Gasteiger partial charge in [-0.1, -0.05) is 59.9 Å². The average molecular weight is 449 g/mol. The highest BCUT2D eigenvalue weighted by atomic mass is 79.9. The highest BCUT2D eigenvalue weighted by Crippen LogP contribution is 2.38. The van der Waals surface area contributed by atoms with E-state index in [2.05, 4.69) is 66.0 Å². The van der Waals surface area contributed by atoms with Gasteiger partial charge in [0, 0.05) is 14.5 Å². The zero-order chi connectivity index (χ0) is 13.8. The van der Waals surface area contributed by atoms with Gasteiger partial charge in [-0.2, -0.15) is 0 Å². The molecule has 4 heteroatoms. The van der Waals surface area contributed by atoms with Crippen molar-refractivity contribution in [2.24, 2.45) is 0 Å². The number of benzene rings is 2. The Morgan fingerprint density at radius 2 is 1.79 bits per heavy atom. The molecule has 2 aromatic rings. The van der Waals surface area contributed by atoms with Crippen molar-refractivity contribution >= 4 is 47.8 Å². The standard InChI is InChI=1S/C15H13Br3O/c1-2-19-14-7-6-12(17)9-13(14)15(18)10-4-3-5-11(16)8-10/h3-9,15H,2H2,1H3. The fraction of sp³-hybridized carbons (Fsp3) is 0.200. The second-order valence-electron chi connectivity index (χ2n) is 4.03. The van der Waals surface area contributed by atoms with Gasteiger partial charge in [0.15, 0.2) is 0 Å². The lowest BCUT2D eigenvalue weighted by Crippen LogP contribution is -2.00. The van der Waals surface area contributed by atoms with Gasteiger partial charge in [0.1, 0.15) is 5.75 Å². The van der Waals surface area contributed by atoms with Crippen LogP contribution >= 0.6 is 47.8 Å². The first kappa shape index (κ1) is 15.1. The van der Waals surface area contributed by atoms with Crippen LogP contribution in [0.25, 0.3) is 0 Å². The fourth-order valence-corrected chi connectivity index (χ4v) is 3.29. The van der Waals surface area contributed by atoms with Crippen LogP contribution in [-0.2, 0) is 0 Å². The van der Waals surface area contributed by atoms with Crippen molar-refractivity contribution in [1.29, 1.82) is 0 Å². The van der Waals surface area contributed by atoms with E-state index in [9.17, 15) is 0 Å². The van der Waals surface area contributed by atoms with Crippen LogP contribution in [-0.4, -0.2) is 6.61 Å². The van der Waals surface area contributed by atoms with Gasteiger partial charge in [-0.15, -0.1) is 0 Å². The molecule has 0 spiro atoms. The molecule has 0 saturated heterocycles. The Kier molecular flexibility index (Phi) is 5.48. The van der Waals surface area contributed by atoms with Crippen LogP contribution < -0.4 is 4.74 Å². The Morgan fingerprint density at radius 1 is 1.05 bits per heavy atom. The second kappa shape index (κ2) is 6.91.